The van der Waals surface area contributed by atoms with Crippen molar-refractivity contribution in [2.75, 3.05) is 32.8 Å². The van der Waals surface area contributed by atoms with Crippen LogP contribution in [0.1, 0.15) is 24.1 Å². The van der Waals surface area contributed by atoms with Crippen LogP contribution in [-0.2, 0) is 20.7 Å². The zero-order chi connectivity index (χ0) is 19.0. The van der Waals surface area contributed by atoms with Crippen molar-refractivity contribution in [1.29, 1.82) is 0 Å². The minimum atomic E-state index is -0.309. The van der Waals surface area contributed by atoms with E-state index in [0.717, 1.165) is 35.0 Å². The van der Waals surface area contributed by atoms with Gasteiger partial charge in [0.05, 0.1) is 6.42 Å². The molecule has 2 saturated heterocycles. The topological polar surface area (TPSA) is 65.6 Å². The van der Waals surface area contributed by atoms with Gasteiger partial charge in [0.15, 0.2) is 0 Å². The number of fused-ring (bicyclic) bond motifs is 1. The highest BCUT2D eigenvalue weighted by Crippen LogP contribution is 2.24. The van der Waals surface area contributed by atoms with Gasteiger partial charge < -0.3 is 19.5 Å². The van der Waals surface area contributed by atoms with Crippen molar-refractivity contribution in [2.45, 2.75) is 32.3 Å². The highest BCUT2D eigenvalue weighted by molar-refractivity contribution is 5.90. The number of H-pyrrole nitrogens is 1. The van der Waals surface area contributed by atoms with Crippen molar-refractivity contribution in [1.82, 2.24) is 14.8 Å². The van der Waals surface area contributed by atoms with Crippen molar-refractivity contribution in [3.63, 3.8) is 0 Å². The molecule has 0 spiro atoms. The molecule has 1 aromatic heterocycles. The van der Waals surface area contributed by atoms with Crippen molar-refractivity contribution in [3.05, 3.63) is 35.3 Å². The standard InChI is InChI=1S/C20H24FN3O3/c1-13-15(16-11-14(21)4-5-17(16)22-13)12-19(25)23-6-8-24(9-7-23)20(26)18-3-2-10-27-18/h4-5,11,18,22H,2-3,6-10,12H2,1H3. The first kappa shape index (κ1) is 18.0. The molecule has 3 heterocycles. The highest BCUT2D eigenvalue weighted by atomic mass is 19.1. The molecule has 1 N–H and O–H groups in total. The molecule has 1 unspecified atom stereocenters. The van der Waals surface area contributed by atoms with Gasteiger partial charge in [-0.05, 0) is 43.5 Å². The van der Waals surface area contributed by atoms with E-state index in [-0.39, 0.29) is 30.2 Å². The number of ether oxygens (including phenoxy) is 1. The number of piperazine rings is 1. The maximum absolute atomic E-state index is 13.6. The third-order valence-corrected chi connectivity index (χ3v) is 5.56. The molecule has 2 aromatic rings. The van der Waals surface area contributed by atoms with Crippen LogP contribution in [0.25, 0.3) is 10.9 Å². The SMILES string of the molecule is Cc1[nH]c2ccc(F)cc2c1CC(=O)N1CCN(C(=O)C2CCCO2)CC1. The van der Waals surface area contributed by atoms with E-state index >= 15 is 0 Å². The number of carbonyl (C=O) groups excluding carboxylic acids is 2. The van der Waals surface area contributed by atoms with Gasteiger partial charge in [-0.15, -0.1) is 0 Å². The Kier molecular flexibility index (Phi) is 4.86. The number of nitrogens with one attached hydrogen (secondary N) is 1. The summed E-state index contributed by atoms with van der Waals surface area (Å²) in [6, 6.07) is 4.58. The third kappa shape index (κ3) is 3.56. The minimum absolute atomic E-state index is 0.00692. The fourth-order valence-corrected chi connectivity index (χ4v) is 4.00. The quantitative estimate of drug-likeness (QED) is 0.895. The number of aromatic amines is 1. The lowest BCUT2D eigenvalue weighted by Crippen LogP contribution is -2.53. The molecule has 2 fully saturated rings. The van der Waals surface area contributed by atoms with E-state index in [9.17, 15) is 14.0 Å². The maximum Gasteiger partial charge on any atom is 0.251 e. The predicted octanol–water partition coefficient (Wildman–Crippen LogP) is 2.01. The van der Waals surface area contributed by atoms with Crippen molar-refractivity contribution in [2.24, 2.45) is 0 Å². The third-order valence-electron chi connectivity index (χ3n) is 5.56. The van der Waals surface area contributed by atoms with Gasteiger partial charge in [0.25, 0.3) is 5.91 Å². The molecular weight excluding hydrogens is 349 g/mol. The van der Waals surface area contributed by atoms with E-state index in [1.165, 1.54) is 12.1 Å². The normalized spacial score (nSPS) is 20.4. The van der Waals surface area contributed by atoms with Crippen LogP contribution in [-0.4, -0.2) is 65.5 Å². The number of carbonyl (C=O) groups is 2. The smallest absolute Gasteiger partial charge is 0.251 e. The number of nitrogens with zero attached hydrogens (tertiary/aromatic N) is 2. The van der Waals surface area contributed by atoms with Gasteiger partial charge in [-0.2, -0.15) is 0 Å². The van der Waals surface area contributed by atoms with Gasteiger partial charge in [0.2, 0.25) is 5.91 Å². The summed E-state index contributed by atoms with van der Waals surface area (Å²) in [7, 11) is 0. The van der Waals surface area contributed by atoms with E-state index in [2.05, 4.69) is 4.98 Å². The second-order valence-corrected chi connectivity index (χ2v) is 7.30. The van der Waals surface area contributed by atoms with Gasteiger partial charge in [-0.25, -0.2) is 4.39 Å². The molecule has 7 heteroatoms. The lowest BCUT2D eigenvalue weighted by molar-refractivity contribution is -0.145. The number of benzene rings is 1. The lowest BCUT2D eigenvalue weighted by atomic mass is 10.1. The summed E-state index contributed by atoms with van der Waals surface area (Å²) >= 11 is 0. The Hall–Kier alpha value is -2.41. The molecule has 0 radical (unpaired) electrons. The van der Waals surface area contributed by atoms with Crippen LogP contribution < -0.4 is 0 Å². The van der Waals surface area contributed by atoms with E-state index in [1.807, 2.05) is 6.92 Å². The summed E-state index contributed by atoms with van der Waals surface area (Å²) in [6.07, 6.45) is 1.64. The monoisotopic (exact) mass is 373 g/mol. The number of rotatable bonds is 3. The van der Waals surface area contributed by atoms with Crippen LogP contribution >= 0.6 is 0 Å². The van der Waals surface area contributed by atoms with E-state index in [4.69, 9.17) is 4.74 Å². The fraction of sp³-hybridized carbons (Fsp3) is 0.500. The summed E-state index contributed by atoms with van der Waals surface area (Å²) in [6.45, 7) is 4.66. The van der Waals surface area contributed by atoms with Gasteiger partial charge in [0.1, 0.15) is 11.9 Å². The molecule has 1 atom stereocenters. The molecule has 0 saturated carbocycles. The molecule has 144 valence electrons. The second kappa shape index (κ2) is 7.31. The molecule has 0 aliphatic carbocycles. The fourth-order valence-electron chi connectivity index (χ4n) is 4.00. The van der Waals surface area contributed by atoms with Crippen LogP contribution in [0, 0.1) is 12.7 Å². The lowest BCUT2D eigenvalue weighted by Gasteiger charge is -2.35. The Morgan fingerprint density at radius 2 is 1.96 bits per heavy atom. The number of halogens is 1. The molecule has 2 aliphatic heterocycles. The summed E-state index contributed by atoms with van der Waals surface area (Å²) in [5, 5.41) is 0.757. The molecule has 0 bridgehead atoms. The Balaban J connectivity index is 1.39. The van der Waals surface area contributed by atoms with Crippen LogP contribution in [0.15, 0.2) is 18.2 Å². The number of hydrogen-bond donors (Lipinski definition) is 1. The van der Waals surface area contributed by atoms with Crippen LogP contribution in [0.4, 0.5) is 4.39 Å². The zero-order valence-electron chi connectivity index (χ0n) is 15.5. The van der Waals surface area contributed by atoms with Crippen molar-refractivity contribution < 1.29 is 18.7 Å². The Bertz CT molecular complexity index is 865. The molecule has 27 heavy (non-hydrogen) atoms. The first-order chi connectivity index (χ1) is 13.0. The molecule has 1 aromatic carbocycles. The van der Waals surface area contributed by atoms with Crippen molar-refractivity contribution in [3.8, 4) is 0 Å². The molecule has 4 rings (SSSR count). The summed E-state index contributed by atoms with van der Waals surface area (Å²) in [4.78, 5) is 32.0. The maximum atomic E-state index is 13.6. The van der Waals surface area contributed by atoms with E-state index in [1.54, 1.807) is 15.9 Å². The van der Waals surface area contributed by atoms with Gasteiger partial charge in [0, 0.05) is 49.4 Å². The summed E-state index contributed by atoms with van der Waals surface area (Å²) in [5.74, 6) is -0.258. The first-order valence-electron chi connectivity index (χ1n) is 9.48. The molecule has 2 aliphatic rings. The average molecular weight is 373 g/mol. The van der Waals surface area contributed by atoms with E-state index in [0.29, 0.717) is 32.8 Å². The van der Waals surface area contributed by atoms with Gasteiger partial charge >= 0.3 is 0 Å². The Morgan fingerprint density at radius 1 is 1.22 bits per heavy atom. The van der Waals surface area contributed by atoms with Gasteiger partial charge in [-0.3, -0.25) is 9.59 Å². The molecular formula is C20H24FN3O3. The van der Waals surface area contributed by atoms with Crippen LogP contribution in [0.5, 0.6) is 0 Å². The molecule has 2 amide bonds. The first-order valence-corrected chi connectivity index (χ1v) is 9.48. The zero-order valence-corrected chi connectivity index (χ0v) is 15.5. The number of amides is 2. The Labute approximate surface area is 157 Å². The largest absolute Gasteiger partial charge is 0.368 e. The predicted molar refractivity (Wildman–Crippen MR) is 98.8 cm³/mol. The number of aromatic nitrogens is 1. The van der Waals surface area contributed by atoms with Crippen LogP contribution in [0.2, 0.25) is 0 Å². The second-order valence-electron chi connectivity index (χ2n) is 7.30. The highest BCUT2D eigenvalue weighted by Gasteiger charge is 2.31. The van der Waals surface area contributed by atoms with Crippen molar-refractivity contribution >= 4 is 22.7 Å². The Morgan fingerprint density at radius 3 is 2.67 bits per heavy atom. The molecule has 6 nitrogen and oxygen atoms in total. The van der Waals surface area contributed by atoms with E-state index < -0.39 is 0 Å². The number of aryl methyl sites for hydroxylation is 1. The average Bonchev–Trinajstić information content (AvgIpc) is 3.30. The minimum Gasteiger partial charge on any atom is -0.368 e. The van der Waals surface area contributed by atoms with Gasteiger partial charge in [-0.1, -0.05) is 0 Å². The number of hydrogen-bond acceptors (Lipinski definition) is 3. The summed E-state index contributed by atoms with van der Waals surface area (Å²) < 4.78 is 19.1. The van der Waals surface area contributed by atoms with Crippen LogP contribution in [0.3, 0.4) is 0 Å². The summed E-state index contributed by atoms with van der Waals surface area (Å²) in [5.41, 5.74) is 2.56.